The largest absolute Gasteiger partial charge is 0.310 e. The Balaban J connectivity index is 0.000000845. The molecule has 0 radical (unpaired) electrons. The molecule has 1 aromatic rings. The SMILES string of the molecule is Cl.Clc1cc(Cl)cc([C@H]2CCN2)c1. The highest BCUT2D eigenvalue weighted by atomic mass is 35.5. The molecule has 0 bridgehead atoms. The van der Waals surface area contributed by atoms with Crippen molar-refractivity contribution in [3.05, 3.63) is 33.8 Å². The molecule has 1 heterocycles. The monoisotopic (exact) mass is 237 g/mol. The van der Waals surface area contributed by atoms with Gasteiger partial charge in [0.1, 0.15) is 0 Å². The van der Waals surface area contributed by atoms with Gasteiger partial charge in [-0.1, -0.05) is 23.2 Å². The van der Waals surface area contributed by atoms with Crippen molar-refractivity contribution in [2.45, 2.75) is 12.5 Å². The third-order valence-electron chi connectivity index (χ3n) is 2.11. The highest BCUT2D eigenvalue weighted by molar-refractivity contribution is 6.34. The molecule has 0 saturated carbocycles. The van der Waals surface area contributed by atoms with E-state index in [0.717, 1.165) is 6.54 Å². The summed E-state index contributed by atoms with van der Waals surface area (Å²) in [6.45, 7) is 1.09. The summed E-state index contributed by atoms with van der Waals surface area (Å²) in [6.07, 6.45) is 1.18. The molecule has 1 aliphatic heterocycles. The second-order valence-electron chi connectivity index (χ2n) is 3.00. The number of halogens is 3. The summed E-state index contributed by atoms with van der Waals surface area (Å²) in [7, 11) is 0. The zero-order valence-corrected chi connectivity index (χ0v) is 9.22. The van der Waals surface area contributed by atoms with E-state index in [2.05, 4.69) is 5.32 Å². The van der Waals surface area contributed by atoms with Gasteiger partial charge >= 0.3 is 0 Å². The topological polar surface area (TPSA) is 12.0 Å². The molecule has 13 heavy (non-hydrogen) atoms. The van der Waals surface area contributed by atoms with Crippen molar-refractivity contribution in [2.75, 3.05) is 6.54 Å². The quantitative estimate of drug-likeness (QED) is 0.790. The first-order valence-corrected chi connectivity index (χ1v) is 4.71. The standard InChI is InChI=1S/C9H9Cl2N.ClH/c10-7-3-6(4-8(11)5-7)9-1-2-12-9;/h3-5,9,12H,1-2H2;1H/t9-;/m1./s1. The van der Waals surface area contributed by atoms with E-state index < -0.39 is 0 Å². The summed E-state index contributed by atoms with van der Waals surface area (Å²) in [5, 5.41) is 4.73. The molecule has 4 heteroatoms. The predicted molar refractivity (Wildman–Crippen MR) is 59.1 cm³/mol. The highest BCUT2D eigenvalue weighted by Crippen LogP contribution is 2.28. The Bertz CT molecular complexity index is 277. The van der Waals surface area contributed by atoms with E-state index in [0.29, 0.717) is 16.1 Å². The molecule has 1 aromatic carbocycles. The molecule has 1 fully saturated rings. The van der Waals surface area contributed by atoms with E-state index in [-0.39, 0.29) is 12.4 Å². The first kappa shape index (κ1) is 11.1. The molecule has 0 unspecified atom stereocenters. The van der Waals surface area contributed by atoms with Gasteiger partial charge in [-0.3, -0.25) is 0 Å². The number of hydrogen-bond donors (Lipinski definition) is 1. The lowest BCUT2D eigenvalue weighted by molar-refractivity contribution is 0.383. The van der Waals surface area contributed by atoms with Gasteiger partial charge in [-0.15, -0.1) is 12.4 Å². The van der Waals surface area contributed by atoms with Crippen LogP contribution in [0.25, 0.3) is 0 Å². The van der Waals surface area contributed by atoms with Crippen molar-refractivity contribution >= 4 is 35.6 Å². The van der Waals surface area contributed by atoms with Crippen molar-refractivity contribution in [3.8, 4) is 0 Å². The second kappa shape index (κ2) is 4.52. The third-order valence-corrected chi connectivity index (χ3v) is 2.55. The molecule has 0 aromatic heterocycles. The van der Waals surface area contributed by atoms with Crippen LogP contribution < -0.4 is 5.32 Å². The van der Waals surface area contributed by atoms with E-state index in [1.54, 1.807) is 6.07 Å². The molecule has 1 atom stereocenters. The average Bonchev–Trinajstić information content (AvgIpc) is 1.79. The summed E-state index contributed by atoms with van der Waals surface area (Å²) in [4.78, 5) is 0. The van der Waals surface area contributed by atoms with Crippen LogP contribution in [0.2, 0.25) is 10.0 Å². The minimum absolute atomic E-state index is 0. The Morgan fingerprint density at radius 1 is 1.15 bits per heavy atom. The number of rotatable bonds is 1. The van der Waals surface area contributed by atoms with Crippen LogP contribution in [0, 0.1) is 0 Å². The maximum absolute atomic E-state index is 5.86. The van der Waals surface area contributed by atoms with Crippen LogP contribution in [0.1, 0.15) is 18.0 Å². The van der Waals surface area contributed by atoms with Gasteiger partial charge in [0.15, 0.2) is 0 Å². The minimum Gasteiger partial charge on any atom is -0.310 e. The van der Waals surface area contributed by atoms with Crippen LogP contribution in [-0.2, 0) is 0 Å². The average molecular weight is 239 g/mol. The molecular formula is C9H10Cl3N. The number of benzene rings is 1. The zero-order valence-electron chi connectivity index (χ0n) is 6.89. The van der Waals surface area contributed by atoms with Crippen LogP contribution in [0.5, 0.6) is 0 Å². The van der Waals surface area contributed by atoms with Crippen molar-refractivity contribution in [3.63, 3.8) is 0 Å². The molecule has 1 aliphatic rings. The summed E-state index contributed by atoms with van der Waals surface area (Å²) >= 11 is 11.7. The van der Waals surface area contributed by atoms with E-state index in [4.69, 9.17) is 23.2 Å². The molecule has 72 valence electrons. The van der Waals surface area contributed by atoms with Gasteiger partial charge < -0.3 is 5.32 Å². The Hall–Kier alpha value is 0.0500. The molecule has 0 aliphatic carbocycles. The molecule has 1 N–H and O–H groups in total. The van der Waals surface area contributed by atoms with Gasteiger partial charge in [-0.2, -0.15) is 0 Å². The van der Waals surface area contributed by atoms with Crippen molar-refractivity contribution in [1.29, 1.82) is 0 Å². The lowest BCUT2D eigenvalue weighted by Gasteiger charge is -2.28. The predicted octanol–water partition coefficient (Wildman–Crippen LogP) is 3.45. The van der Waals surface area contributed by atoms with Crippen LogP contribution in [0.15, 0.2) is 18.2 Å². The van der Waals surface area contributed by atoms with Crippen LogP contribution in [0.4, 0.5) is 0 Å². The molecular weight excluding hydrogens is 228 g/mol. The first-order chi connectivity index (χ1) is 5.75. The fourth-order valence-electron chi connectivity index (χ4n) is 1.35. The Morgan fingerprint density at radius 3 is 2.08 bits per heavy atom. The maximum atomic E-state index is 5.86. The Morgan fingerprint density at radius 2 is 1.69 bits per heavy atom. The summed E-state index contributed by atoms with van der Waals surface area (Å²) < 4.78 is 0. The molecule has 0 amide bonds. The fraction of sp³-hybridized carbons (Fsp3) is 0.333. The van der Waals surface area contributed by atoms with E-state index in [1.807, 2.05) is 12.1 Å². The van der Waals surface area contributed by atoms with Crippen molar-refractivity contribution < 1.29 is 0 Å². The Kier molecular flexibility index (Phi) is 3.87. The summed E-state index contributed by atoms with van der Waals surface area (Å²) in [5.41, 5.74) is 1.19. The molecule has 1 saturated heterocycles. The van der Waals surface area contributed by atoms with Crippen molar-refractivity contribution in [1.82, 2.24) is 5.32 Å². The van der Waals surface area contributed by atoms with Gasteiger partial charge in [0.25, 0.3) is 0 Å². The van der Waals surface area contributed by atoms with Crippen LogP contribution in [-0.4, -0.2) is 6.54 Å². The minimum atomic E-state index is 0. The van der Waals surface area contributed by atoms with Crippen molar-refractivity contribution in [2.24, 2.45) is 0 Å². The lowest BCUT2D eigenvalue weighted by atomic mass is 9.98. The third kappa shape index (κ3) is 2.50. The van der Waals surface area contributed by atoms with Gasteiger partial charge in [0.2, 0.25) is 0 Å². The van der Waals surface area contributed by atoms with Crippen LogP contribution in [0.3, 0.4) is 0 Å². The highest BCUT2D eigenvalue weighted by Gasteiger charge is 2.18. The normalized spacial score (nSPS) is 20.3. The maximum Gasteiger partial charge on any atom is 0.0424 e. The smallest absolute Gasteiger partial charge is 0.0424 e. The zero-order chi connectivity index (χ0) is 8.55. The van der Waals surface area contributed by atoms with Gasteiger partial charge in [-0.05, 0) is 36.7 Å². The second-order valence-corrected chi connectivity index (χ2v) is 3.87. The van der Waals surface area contributed by atoms with Gasteiger partial charge in [0.05, 0.1) is 0 Å². The molecule has 1 nitrogen and oxygen atoms in total. The number of hydrogen-bond acceptors (Lipinski definition) is 1. The molecule has 0 spiro atoms. The summed E-state index contributed by atoms with van der Waals surface area (Å²) in [6, 6.07) is 6.14. The van der Waals surface area contributed by atoms with Crippen LogP contribution >= 0.6 is 35.6 Å². The van der Waals surface area contributed by atoms with Gasteiger partial charge in [-0.25, -0.2) is 0 Å². The van der Waals surface area contributed by atoms with E-state index >= 15 is 0 Å². The Labute approximate surface area is 93.8 Å². The van der Waals surface area contributed by atoms with Gasteiger partial charge in [0, 0.05) is 16.1 Å². The van der Waals surface area contributed by atoms with E-state index in [9.17, 15) is 0 Å². The lowest BCUT2D eigenvalue weighted by Crippen LogP contribution is -2.34. The number of nitrogens with one attached hydrogen (secondary N) is 1. The van der Waals surface area contributed by atoms with E-state index in [1.165, 1.54) is 12.0 Å². The first-order valence-electron chi connectivity index (χ1n) is 3.95. The molecule has 2 rings (SSSR count). The summed E-state index contributed by atoms with van der Waals surface area (Å²) in [5.74, 6) is 0. The fourth-order valence-corrected chi connectivity index (χ4v) is 1.89.